The number of pyridine rings is 1. The highest BCUT2D eigenvalue weighted by atomic mass is 35.5. The number of aromatic nitrogens is 3. The lowest BCUT2D eigenvalue weighted by atomic mass is 9.87. The van der Waals surface area contributed by atoms with Gasteiger partial charge < -0.3 is 19.1 Å². The summed E-state index contributed by atoms with van der Waals surface area (Å²) in [5, 5.41) is 2.17. The number of thioether (sulfide) groups is 1. The maximum atomic E-state index is 6.80. The van der Waals surface area contributed by atoms with Crippen molar-refractivity contribution >= 4 is 40.1 Å². The van der Waals surface area contributed by atoms with E-state index in [1.165, 1.54) is 11.8 Å². The lowest BCUT2D eigenvalue weighted by Crippen LogP contribution is -2.28. The van der Waals surface area contributed by atoms with Gasteiger partial charge in [0.2, 0.25) is 0 Å². The van der Waals surface area contributed by atoms with E-state index in [9.17, 15) is 0 Å². The third kappa shape index (κ3) is 3.88. The molecule has 3 aromatic rings. The molecule has 0 bridgehead atoms. The Labute approximate surface area is 202 Å². The third-order valence-electron chi connectivity index (χ3n) is 6.77. The van der Waals surface area contributed by atoms with Gasteiger partial charge in [-0.25, -0.2) is 15.0 Å². The zero-order valence-corrected chi connectivity index (χ0v) is 20.8. The zero-order chi connectivity index (χ0) is 23.2. The molecule has 7 nitrogen and oxygen atoms in total. The summed E-state index contributed by atoms with van der Waals surface area (Å²) in [6, 6.07) is 3.81. The summed E-state index contributed by atoms with van der Waals surface area (Å²) >= 11 is 8.33. The minimum atomic E-state index is 0.201. The van der Waals surface area contributed by atoms with Crippen LogP contribution in [0.15, 0.2) is 23.5 Å². The fraction of sp³-hybridized carbons (Fsp3) is 0.458. The highest BCUT2D eigenvalue weighted by Crippen LogP contribution is 2.45. The van der Waals surface area contributed by atoms with Gasteiger partial charge in [-0.15, -0.1) is 0 Å². The van der Waals surface area contributed by atoms with Gasteiger partial charge in [-0.2, -0.15) is 0 Å². The molecule has 0 aliphatic carbocycles. The van der Waals surface area contributed by atoms with Crippen molar-refractivity contribution in [2.75, 3.05) is 51.7 Å². The van der Waals surface area contributed by atoms with Gasteiger partial charge in [0.25, 0.3) is 0 Å². The van der Waals surface area contributed by atoms with Crippen molar-refractivity contribution in [1.29, 1.82) is 0 Å². The first-order valence-electron chi connectivity index (χ1n) is 10.9. The number of ether oxygens (including phenoxy) is 3. The highest BCUT2D eigenvalue weighted by molar-refractivity contribution is 7.98. The van der Waals surface area contributed by atoms with Gasteiger partial charge in [0.1, 0.15) is 17.0 Å². The summed E-state index contributed by atoms with van der Waals surface area (Å²) < 4.78 is 16.9. The Kier molecular flexibility index (Phi) is 6.01. The molecular formula is C24H27ClN4O3S. The molecule has 33 heavy (non-hydrogen) atoms. The van der Waals surface area contributed by atoms with Crippen molar-refractivity contribution in [3.05, 3.63) is 28.9 Å². The molecule has 0 saturated carbocycles. The Morgan fingerprint density at radius 1 is 1.15 bits per heavy atom. The lowest BCUT2D eigenvalue weighted by Gasteiger charge is -2.24. The van der Waals surface area contributed by atoms with Gasteiger partial charge in [0, 0.05) is 53.9 Å². The molecule has 2 aliphatic rings. The molecule has 2 aromatic heterocycles. The SMILES string of the molecule is COc1cc(OC)c(Cl)c(-c2cc3cnc(SC)nc3c(N3CCC4(CCOC4)C3)n2)c1C. The second-order valence-corrected chi connectivity index (χ2v) is 9.85. The van der Waals surface area contributed by atoms with Crippen LogP contribution in [-0.4, -0.2) is 61.7 Å². The monoisotopic (exact) mass is 486 g/mol. The van der Waals surface area contributed by atoms with Crippen molar-refractivity contribution in [3.8, 4) is 22.8 Å². The van der Waals surface area contributed by atoms with Crippen molar-refractivity contribution in [1.82, 2.24) is 15.0 Å². The second-order valence-electron chi connectivity index (χ2n) is 8.69. The fourth-order valence-corrected chi connectivity index (χ4v) is 5.62. The van der Waals surface area contributed by atoms with E-state index in [0.29, 0.717) is 16.5 Å². The molecule has 1 aromatic carbocycles. The van der Waals surface area contributed by atoms with E-state index >= 15 is 0 Å². The van der Waals surface area contributed by atoms with Crippen LogP contribution in [0.25, 0.3) is 22.2 Å². The first kappa shape index (κ1) is 22.5. The van der Waals surface area contributed by atoms with Crippen LogP contribution in [-0.2, 0) is 4.74 Å². The quantitative estimate of drug-likeness (QED) is 0.368. The van der Waals surface area contributed by atoms with Gasteiger partial charge in [-0.05, 0) is 32.1 Å². The number of rotatable bonds is 5. The largest absolute Gasteiger partial charge is 0.496 e. The summed E-state index contributed by atoms with van der Waals surface area (Å²) in [6.45, 7) is 5.45. The molecule has 0 amide bonds. The highest BCUT2D eigenvalue weighted by Gasteiger charge is 2.42. The number of hydrogen-bond donors (Lipinski definition) is 0. The Balaban J connectivity index is 1.71. The summed E-state index contributed by atoms with van der Waals surface area (Å²) in [5.41, 5.74) is 3.51. The maximum Gasteiger partial charge on any atom is 0.187 e. The molecule has 174 valence electrons. The lowest BCUT2D eigenvalue weighted by molar-refractivity contribution is 0.160. The molecule has 0 N–H and O–H groups in total. The van der Waals surface area contributed by atoms with Gasteiger partial charge in [0.15, 0.2) is 11.0 Å². The average Bonchev–Trinajstić information content (AvgIpc) is 3.48. The normalized spacial score (nSPS) is 20.2. The molecule has 2 saturated heterocycles. The van der Waals surface area contributed by atoms with Gasteiger partial charge >= 0.3 is 0 Å². The Bertz CT molecular complexity index is 1190. The molecule has 2 aliphatic heterocycles. The van der Waals surface area contributed by atoms with Crippen LogP contribution >= 0.6 is 23.4 Å². The van der Waals surface area contributed by atoms with Crippen LogP contribution < -0.4 is 14.4 Å². The zero-order valence-electron chi connectivity index (χ0n) is 19.3. The Morgan fingerprint density at radius 2 is 1.97 bits per heavy atom. The van der Waals surface area contributed by atoms with Crippen LogP contribution in [0, 0.1) is 12.3 Å². The molecule has 1 unspecified atom stereocenters. The number of hydrogen-bond acceptors (Lipinski definition) is 8. The van der Waals surface area contributed by atoms with Gasteiger partial charge in [-0.3, -0.25) is 0 Å². The van der Waals surface area contributed by atoms with Crippen molar-refractivity contribution in [2.24, 2.45) is 5.41 Å². The summed E-state index contributed by atoms with van der Waals surface area (Å²) in [5.74, 6) is 2.11. The summed E-state index contributed by atoms with van der Waals surface area (Å²) in [6.07, 6.45) is 6.03. The first-order chi connectivity index (χ1) is 16.0. The number of anilines is 1. The number of methoxy groups -OCH3 is 2. The smallest absolute Gasteiger partial charge is 0.187 e. The molecule has 2 fully saturated rings. The molecule has 1 spiro atoms. The van der Waals surface area contributed by atoms with Crippen molar-refractivity contribution in [3.63, 3.8) is 0 Å². The van der Waals surface area contributed by atoms with E-state index in [4.69, 9.17) is 35.8 Å². The van der Waals surface area contributed by atoms with E-state index < -0.39 is 0 Å². The average molecular weight is 487 g/mol. The molecule has 0 radical (unpaired) electrons. The topological polar surface area (TPSA) is 69.6 Å². The summed E-state index contributed by atoms with van der Waals surface area (Å²) in [4.78, 5) is 16.8. The Hall–Kier alpha value is -2.29. The standard InChI is InChI=1S/C24H27ClN4O3S/c1-14-17(30-2)10-18(31-3)20(25)19(14)16-9-15-11-26-23(33-4)28-21(15)22(27-16)29-7-5-24(12-29)6-8-32-13-24/h9-11H,5-8,12-13H2,1-4H3. The van der Waals surface area contributed by atoms with Crippen LogP contribution in [0.4, 0.5) is 5.82 Å². The minimum absolute atomic E-state index is 0.201. The number of fused-ring (bicyclic) bond motifs is 1. The van der Waals surface area contributed by atoms with Crippen molar-refractivity contribution < 1.29 is 14.2 Å². The Morgan fingerprint density at radius 3 is 2.67 bits per heavy atom. The van der Waals surface area contributed by atoms with E-state index in [2.05, 4.69) is 9.88 Å². The number of benzene rings is 1. The molecule has 1 atom stereocenters. The maximum absolute atomic E-state index is 6.80. The van der Waals surface area contributed by atoms with E-state index in [-0.39, 0.29) is 5.41 Å². The minimum Gasteiger partial charge on any atom is -0.496 e. The molecule has 5 rings (SSSR count). The predicted octanol–water partition coefficient (Wildman–Crippen LogP) is 5.01. The predicted molar refractivity (Wildman–Crippen MR) is 132 cm³/mol. The molecular weight excluding hydrogens is 460 g/mol. The van der Waals surface area contributed by atoms with Crippen LogP contribution in [0.1, 0.15) is 18.4 Å². The van der Waals surface area contributed by atoms with Crippen LogP contribution in [0.5, 0.6) is 11.5 Å². The number of nitrogens with zero attached hydrogens (tertiary/aromatic N) is 4. The summed E-state index contributed by atoms with van der Waals surface area (Å²) in [7, 11) is 3.24. The van der Waals surface area contributed by atoms with Crippen LogP contribution in [0.2, 0.25) is 5.02 Å². The third-order valence-corrected chi connectivity index (χ3v) is 7.71. The van der Waals surface area contributed by atoms with Crippen LogP contribution in [0.3, 0.4) is 0 Å². The number of halogens is 1. The van der Waals surface area contributed by atoms with E-state index in [1.807, 2.05) is 25.4 Å². The van der Waals surface area contributed by atoms with Gasteiger partial charge in [0.05, 0.1) is 31.5 Å². The fourth-order valence-electron chi connectivity index (χ4n) is 4.91. The molecule has 4 heterocycles. The van der Waals surface area contributed by atoms with Gasteiger partial charge in [-0.1, -0.05) is 23.4 Å². The second kappa shape index (κ2) is 8.81. The van der Waals surface area contributed by atoms with E-state index in [0.717, 1.165) is 77.8 Å². The van der Waals surface area contributed by atoms with E-state index in [1.54, 1.807) is 20.3 Å². The molecule has 9 heteroatoms. The van der Waals surface area contributed by atoms with Crippen molar-refractivity contribution in [2.45, 2.75) is 24.9 Å². The first-order valence-corrected chi connectivity index (χ1v) is 12.5.